The molecule has 0 heterocycles. The van der Waals surface area contributed by atoms with Gasteiger partial charge in [0.15, 0.2) is 0 Å². The topological polar surface area (TPSA) is 49.4 Å². The van der Waals surface area contributed by atoms with Gasteiger partial charge in [0.1, 0.15) is 6.04 Å². The van der Waals surface area contributed by atoms with Gasteiger partial charge in [-0.1, -0.05) is 66.5 Å². The minimum atomic E-state index is -0.544. The Morgan fingerprint density at radius 1 is 1.00 bits per heavy atom. The zero-order valence-electron chi connectivity index (χ0n) is 16.4. The third-order valence-corrected chi connectivity index (χ3v) is 5.09. The summed E-state index contributed by atoms with van der Waals surface area (Å²) in [4.78, 5) is 27.6. The molecule has 0 spiro atoms. The fraction of sp³-hybridized carbons (Fsp3) is 0.364. The molecular formula is C22H26Cl2N2O2. The number of rotatable bonds is 8. The Balaban J connectivity index is 2.28. The van der Waals surface area contributed by atoms with Gasteiger partial charge in [-0.15, -0.1) is 0 Å². The number of hydrogen-bond donors (Lipinski definition) is 1. The van der Waals surface area contributed by atoms with Crippen molar-refractivity contribution in [3.63, 3.8) is 0 Å². The molecule has 0 saturated heterocycles. The van der Waals surface area contributed by atoms with E-state index in [9.17, 15) is 9.59 Å². The second-order valence-electron chi connectivity index (χ2n) is 7.02. The maximum Gasteiger partial charge on any atom is 0.243 e. The van der Waals surface area contributed by atoms with Crippen LogP contribution in [0.5, 0.6) is 0 Å². The van der Waals surface area contributed by atoms with E-state index in [1.165, 1.54) is 0 Å². The van der Waals surface area contributed by atoms with Crippen LogP contribution in [-0.4, -0.2) is 28.8 Å². The molecule has 0 aromatic heterocycles. The summed E-state index contributed by atoms with van der Waals surface area (Å²) in [5, 5.41) is 3.78. The van der Waals surface area contributed by atoms with Crippen molar-refractivity contribution in [2.75, 3.05) is 0 Å². The highest BCUT2D eigenvalue weighted by Crippen LogP contribution is 2.23. The highest BCUT2D eigenvalue weighted by Gasteiger charge is 2.29. The van der Waals surface area contributed by atoms with Crippen LogP contribution in [0.3, 0.4) is 0 Å². The first kappa shape index (κ1) is 22.3. The predicted octanol–water partition coefficient (Wildman–Crippen LogP) is 4.87. The number of benzene rings is 2. The molecule has 4 nitrogen and oxygen atoms in total. The smallest absolute Gasteiger partial charge is 0.243 e. The van der Waals surface area contributed by atoms with Crippen molar-refractivity contribution >= 4 is 35.0 Å². The molecule has 0 fully saturated rings. The van der Waals surface area contributed by atoms with Gasteiger partial charge >= 0.3 is 0 Å². The second kappa shape index (κ2) is 10.5. The normalized spacial score (nSPS) is 11.9. The number of amides is 2. The maximum absolute atomic E-state index is 13.2. The number of carbonyl (C=O) groups excluding carboxylic acids is 2. The monoisotopic (exact) mass is 420 g/mol. The zero-order chi connectivity index (χ0) is 20.7. The Hall–Kier alpha value is -2.04. The van der Waals surface area contributed by atoms with Crippen molar-refractivity contribution in [3.8, 4) is 0 Å². The van der Waals surface area contributed by atoms with Crippen molar-refractivity contribution < 1.29 is 9.59 Å². The Morgan fingerprint density at radius 3 is 2.25 bits per heavy atom. The molecular weight excluding hydrogens is 395 g/mol. The van der Waals surface area contributed by atoms with Gasteiger partial charge in [0.05, 0.1) is 16.5 Å². The number of halogens is 2. The van der Waals surface area contributed by atoms with Crippen LogP contribution >= 0.6 is 23.2 Å². The molecule has 0 aliphatic rings. The molecule has 0 saturated carbocycles. The van der Waals surface area contributed by atoms with Crippen LogP contribution in [0.25, 0.3) is 0 Å². The first-order chi connectivity index (χ1) is 13.3. The van der Waals surface area contributed by atoms with Crippen molar-refractivity contribution in [3.05, 3.63) is 69.7 Å². The molecule has 2 aromatic carbocycles. The molecule has 150 valence electrons. The molecule has 28 heavy (non-hydrogen) atoms. The molecule has 0 radical (unpaired) electrons. The number of hydrogen-bond acceptors (Lipinski definition) is 2. The van der Waals surface area contributed by atoms with Crippen LogP contribution in [0.15, 0.2) is 48.5 Å². The van der Waals surface area contributed by atoms with Gasteiger partial charge in [-0.3, -0.25) is 9.59 Å². The minimum absolute atomic E-state index is 0.00491. The lowest BCUT2D eigenvalue weighted by molar-refractivity contribution is -0.141. The van der Waals surface area contributed by atoms with Crippen molar-refractivity contribution in [2.24, 2.45) is 0 Å². The van der Waals surface area contributed by atoms with Crippen LogP contribution in [0.1, 0.15) is 38.3 Å². The summed E-state index contributed by atoms with van der Waals surface area (Å²) in [6, 6.07) is 14.3. The molecule has 0 aliphatic carbocycles. The largest absolute Gasteiger partial charge is 0.352 e. The highest BCUT2D eigenvalue weighted by atomic mass is 35.5. The zero-order valence-corrected chi connectivity index (χ0v) is 17.9. The Morgan fingerprint density at radius 2 is 1.68 bits per heavy atom. The van der Waals surface area contributed by atoms with E-state index < -0.39 is 6.04 Å². The average Bonchev–Trinajstić information content (AvgIpc) is 2.64. The van der Waals surface area contributed by atoms with E-state index in [2.05, 4.69) is 5.32 Å². The van der Waals surface area contributed by atoms with Gasteiger partial charge in [-0.2, -0.15) is 0 Å². The SMILES string of the molecule is CC[C@@H](C(=O)NC(C)C)N(Cc1ccccc1)C(=O)Cc1ccc(Cl)c(Cl)c1. The molecule has 0 bridgehead atoms. The summed E-state index contributed by atoms with van der Waals surface area (Å²) in [6.45, 7) is 6.09. The number of carbonyl (C=O) groups is 2. The van der Waals surface area contributed by atoms with E-state index >= 15 is 0 Å². The van der Waals surface area contributed by atoms with Crippen LogP contribution in [0, 0.1) is 0 Å². The minimum Gasteiger partial charge on any atom is -0.352 e. The maximum atomic E-state index is 13.2. The predicted molar refractivity (Wildman–Crippen MR) is 115 cm³/mol. The van der Waals surface area contributed by atoms with Crippen molar-refractivity contribution in [2.45, 2.75) is 52.2 Å². The van der Waals surface area contributed by atoms with Gasteiger partial charge in [0.25, 0.3) is 0 Å². The lowest BCUT2D eigenvalue weighted by Crippen LogP contribution is -2.50. The number of nitrogens with one attached hydrogen (secondary N) is 1. The van der Waals surface area contributed by atoms with Gasteiger partial charge in [-0.05, 0) is 43.5 Å². The van der Waals surface area contributed by atoms with Gasteiger partial charge in [0.2, 0.25) is 11.8 Å². The molecule has 2 rings (SSSR count). The molecule has 6 heteroatoms. The number of nitrogens with zero attached hydrogens (tertiary/aromatic N) is 1. The molecule has 1 N–H and O–H groups in total. The van der Waals surface area contributed by atoms with Gasteiger partial charge < -0.3 is 10.2 Å². The molecule has 2 amide bonds. The standard InChI is InChI=1S/C22H26Cl2N2O2/c1-4-20(22(28)25-15(2)3)26(14-16-8-6-5-7-9-16)21(27)13-17-10-11-18(23)19(24)12-17/h5-12,15,20H,4,13-14H2,1-3H3,(H,25,28)/t20-/m0/s1. The quantitative estimate of drug-likeness (QED) is 0.661. The van der Waals surface area contributed by atoms with Crippen LogP contribution in [0.2, 0.25) is 10.0 Å². The third kappa shape index (κ3) is 6.25. The van der Waals surface area contributed by atoms with E-state index in [-0.39, 0.29) is 24.3 Å². The summed E-state index contributed by atoms with van der Waals surface area (Å²) in [5.41, 5.74) is 1.73. The molecule has 1 atom stereocenters. The second-order valence-corrected chi connectivity index (χ2v) is 7.83. The van der Waals surface area contributed by atoms with Crippen LogP contribution in [0.4, 0.5) is 0 Å². The van der Waals surface area contributed by atoms with E-state index in [1.54, 1.807) is 23.1 Å². The first-order valence-electron chi connectivity index (χ1n) is 9.39. The lowest BCUT2D eigenvalue weighted by Gasteiger charge is -2.31. The highest BCUT2D eigenvalue weighted by molar-refractivity contribution is 6.42. The molecule has 0 unspecified atom stereocenters. The van der Waals surface area contributed by atoms with Gasteiger partial charge in [-0.25, -0.2) is 0 Å². The van der Waals surface area contributed by atoms with Crippen molar-refractivity contribution in [1.29, 1.82) is 0 Å². The fourth-order valence-electron chi connectivity index (χ4n) is 3.01. The van der Waals surface area contributed by atoms with Crippen LogP contribution < -0.4 is 5.32 Å². The summed E-state index contributed by atoms with van der Waals surface area (Å²) < 4.78 is 0. The summed E-state index contributed by atoms with van der Waals surface area (Å²) in [5.74, 6) is -0.274. The Kier molecular flexibility index (Phi) is 8.34. The van der Waals surface area contributed by atoms with Crippen LogP contribution in [-0.2, 0) is 22.6 Å². The Labute approximate surface area is 176 Å². The molecule has 0 aliphatic heterocycles. The summed E-state index contributed by atoms with van der Waals surface area (Å²) in [7, 11) is 0. The van der Waals surface area contributed by atoms with Gasteiger partial charge in [0, 0.05) is 12.6 Å². The summed E-state index contributed by atoms with van der Waals surface area (Å²) >= 11 is 12.1. The molecule has 2 aromatic rings. The lowest BCUT2D eigenvalue weighted by atomic mass is 10.1. The Bertz CT molecular complexity index is 809. The van der Waals surface area contributed by atoms with E-state index in [4.69, 9.17) is 23.2 Å². The average molecular weight is 421 g/mol. The summed E-state index contributed by atoms with van der Waals surface area (Å²) in [6.07, 6.45) is 0.674. The van der Waals surface area contributed by atoms with E-state index in [0.717, 1.165) is 11.1 Å². The fourth-order valence-corrected chi connectivity index (χ4v) is 3.33. The van der Waals surface area contributed by atoms with E-state index in [1.807, 2.05) is 51.1 Å². The van der Waals surface area contributed by atoms with Crippen molar-refractivity contribution in [1.82, 2.24) is 10.2 Å². The third-order valence-electron chi connectivity index (χ3n) is 4.35. The first-order valence-corrected chi connectivity index (χ1v) is 10.1. The van der Waals surface area contributed by atoms with E-state index in [0.29, 0.717) is 23.0 Å².